The van der Waals surface area contributed by atoms with Crippen LogP contribution in [0.1, 0.15) is 35.6 Å². The molecule has 3 rings (SSSR count). The van der Waals surface area contributed by atoms with E-state index in [9.17, 15) is 4.79 Å². The Morgan fingerprint density at radius 1 is 1.19 bits per heavy atom. The van der Waals surface area contributed by atoms with Crippen molar-refractivity contribution in [3.63, 3.8) is 0 Å². The van der Waals surface area contributed by atoms with Crippen LogP contribution in [0.25, 0.3) is 0 Å². The van der Waals surface area contributed by atoms with Crippen LogP contribution in [0.4, 0.5) is 5.69 Å². The molecule has 0 saturated heterocycles. The Kier molecular flexibility index (Phi) is 3.91. The standard InChI is InChI=1S/C18H20N2O/c19-15-8-9-16-14(12-15)7-10-17(16)20-18(21)11-6-13-4-2-1-3-5-13/h1-5,8-9,12,17H,6-7,10-11,19H2,(H,20,21). The van der Waals surface area contributed by atoms with Gasteiger partial charge in [0, 0.05) is 12.1 Å². The van der Waals surface area contributed by atoms with Crippen molar-refractivity contribution in [2.24, 2.45) is 0 Å². The van der Waals surface area contributed by atoms with Gasteiger partial charge in [0.05, 0.1) is 6.04 Å². The van der Waals surface area contributed by atoms with Gasteiger partial charge in [0.25, 0.3) is 0 Å². The minimum Gasteiger partial charge on any atom is -0.399 e. The van der Waals surface area contributed by atoms with Gasteiger partial charge < -0.3 is 11.1 Å². The van der Waals surface area contributed by atoms with Crippen LogP contribution < -0.4 is 11.1 Å². The first-order chi connectivity index (χ1) is 10.2. The second-order valence-corrected chi connectivity index (χ2v) is 5.60. The maximum absolute atomic E-state index is 12.1. The summed E-state index contributed by atoms with van der Waals surface area (Å²) < 4.78 is 0. The highest BCUT2D eigenvalue weighted by molar-refractivity contribution is 5.77. The molecule has 3 N–H and O–H groups in total. The molecule has 0 aliphatic heterocycles. The lowest BCUT2D eigenvalue weighted by molar-refractivity contribution is -0.121. The zero-order chi connectivity index (χ0) is 14.7. The van der Waals surface area contributed by atoms with E-state index >= 15 is 0 Å². The van der Waals surface area contributed by atoms with Crippen molar-refractivity contribution >= 4 is 11.6 Å². The van der Waals surface area contributed by atoms with Gasteiger partial charge in [-0.1, -0.05) is 36.4 Å². The number of benzene rings is 2. The summed E-state index contributed by atoms with van der Waals surface area (Å²) in [6.45, 7) is 0. The Balaban J connectivity index is 1.57. The van der Waals surface area contributed by atoms with Gasteiger partial charge in [0.2, 0.25) is 5.91 Å². The zero-order valence-electron chi connectivity index (χ0n) is 12.0. The number of carbonyl (C=O) groups excluding carboxylic acids is 1. The predicted octanol–water partition coefficient (Wildman–Crippen LogP) is 3.01. The summed E-state index contributed by atoms with van der Waals surface area (Å²) in [5, 5.41) is 3.15. The van der Waals surface area contributed by atoms with Crippen LogP contribution in [0.3, 0.4) is 0 Å². The molecular weight excluding hydrogens is 260 g/mol. The van der Waals surface area contributed by atoms with Crippen LogP contribution >= 0.6 is 0 Å². The monoisotopic (exact) mass is 280 g/mol. The molecule has 2 aromatic carbocycles. The van der Waals surface area contributed by atoms with Gasteiger partial charge in [-0.2, -0.15) is 0 Å². The molecule has 1 atom stereocenters. The summed E-state index contributed by atoms with van der Waals surface area (Å²) in [7, 11) is 0. The molecule has 0 radical (unpaired) electrons. The number of amides is 1. The third kappa shape index (κ3) is 3.24. The lowest BCUT2D eigenvalue weighted by Gasteiger charge is -2.14. The summed E-state index contributed by atoms with van der Waals surface area (Å²) >= 11 is 0. The van der Waals surface area contributed by atoms with Crippen LogP contribution in [0.5, 0.6) is 0 Å². The van der Waals surface area contributed by atoms with Crippen molar-refractivity contribution < 1.29 is 4.79 Å². The van der Waals surface area contributed by atoms with Gasteiger partial charge in [-0.15, -0.1) is 0 Å². The van der Waals surface area contributed by atoms with Crippen LogP contribution in [0.15, 0.2) is 48.5 Å². The van der Waals surface area contributed by atoms with E-state index in [1.54, 1.807) is 0 Å². The highest BCUT2D eigenvalue weighted by Crippen LogP contribution is 2.32. The number of nitrogens with two attached hydrogens (primary N) is 1. The van der Waals surface area contributed by atoms with Gasteiger partial charge in [0.1, 0.15) is 0 Å². The summed E-state index contributed by atoms with van der Waals surface area (Å²) in [5.41, 5.74) is 10.3. The number of hydrogen-bond donors (Lipinski definition) is 2. The molecule has 1 unspecified atom stereocenters. The molecule has 108 valence electrons. The fraction of sp³-hybridized carbons (Fsp3) is 0.278. The average Bonchev–Trinajstić information content (AvgIpc) is 2.88. The molecule has 21 heavy (non-hydrogen) atoms. The molecule has 0 spiro atoms. The van der Waals surface area contributed by atoms with E-state index < -0.39 is 0 Å². The van der Waals surface area contributed by atoms with Crippen molar-refractivity contribution in [2.75, 3.05) is 5.73 Å². The fourth-order valence-corrected chi connectivity index (χ4v) is 2.96. The van der Waals surface area contributed by atoms with E-state index in [2.05, 4.69) is 17.4 Å². The number of anilines is 1. The lowest BCUT2D eigenvalue weighted by Crippen LogP contribution is -2.27. The number of carbonyl (C=O) groups is 1. The molecule has 0 heterocycles. The maximum Gasteiger partial charge on any atom is 0.220 e. The molecule has 0 aromatic heterocycles. The SMILES string of the molecule is Nc1ccc2c(c1)CCC2NC(=O)CCc1ccccc1. The second kappa shape index (κ2) is 6.00. The third-order valence-electron chi connectivity index (χ3n) is 4.06. The Labute approximate surface area is 125 Å². The first kappa shape index (κ1) is 13.7. The van der Waals surface area contributed by atoms with E-state index in [4.69, 9.17) is 5.73 Å². The van der Waals surface area contributed by atoms with Crippen LogP contribution in [0, 0.1) is 0 Å². The van der Waals surface area contributed by atoms with Crippen molar-refractivity contribution in [1.82, 2.24) is 5.32 Å². The Hall–Kier alpha value is -2.29. The Morgan fingerprint density at radius 3 is 2.81 bits per heavy atom. The van der Waals surface area contributed by atoms with Gasteiger partial charge in [-0.05, 0) is 48.1 Å². The topological polar surface area (TPSA) is 55.1 Å². The van der Waals surface area contributed by atoms with Crippen molar-refractivity contribution in [1.29, 1.82) is 0 Å². The smallest absolute Gasteiger partial charge is 0.220 e. The highest BCUT2D eigenvalue weighted by atomic mass is 16.1. The molecule has 0 bridgehead atoms. The lowest BCUT2D eigenvalue weighted by atomic mass is 10.1. The zero-order valence-corrected chi connectivity index (χ0v) is 12.0. The first-order valence-electron chi connectivity index (χ1n) is 7.44. The molecule has 1 amide bonds. The molecule has 1 aliphatic carbocycles. The number of aryl methyl sites for hydroxylation is 2. The van der Waals surface area contributed by atoms with Crippen molar-refractivity contribution in [2.45, 2.75) is 31.7 Å². The highest BCUT2D eigenvalue weighted by Gasteiger charge is 2.23. The van der Waals surface area contributed by atoms with E-state index in [1.165, 1.54) is 16.7 Å². The van der Waals surface area contributed by atoms with Gasteiger partial charge in [0.15, 0.2) is 0 Å². The van der Waals surface area contributed by atoms with Gasteiger partial charge in [-0.25, -0.2) is 0 Å². The minimum absolute atomic E-state index is 0.119. The number of rotatable bonds is 4. The Morgan fingerprint density at radius 2 is 2.00 bits per heavy atom. The minimum atomic E-state index is 0.119. The molecule has 3 heteroatoms. The van der Waals surface area contributed by atoms with Crippen LogP contribution in [0.2, 0.25) is 0 Å². The van der Waals surface area contributed by atoms with E-state index in [1.807, 2.05) is 36.4 Å². The molecule has 0 saturated carbocycles. The Bertz CT molecular complexity index is 637. The predicted molar refractivity (Wildman–Crippen MR) is 84.8 cm³/mol. The number of nitrogens with one attached hydrogen (secondary N) is 1. The third-order valence-corrected chi connectivity index (χ3v) is 4.06. The summed E-state index contributed by atoms with van der Waals surface area (Å²) in [5.74, 6) is 0.119. The average molecular weight is 280 g/mol. The van der Waals surface area contributed by atoms with Crippen LogP contribution in [-0.4, -0.2) is 5.91 Å². The molecule has 0 fully saturated rings. The number of hydrogen-bond acceptors (Lipinski definition) is 2. The van der Waals surface area contributed by atoms with Crippen LogP contribution in [-0.2, 0) is 17.6 Å². The normalized spacial score (nSPS) is 16.5. The largest absolute Gasteiger partial charge is 0.399 e. The van der Waals surface area contributed by atoms with Crippen molar-refractivity contribution in [3.05, 3.63) is 65.2 Å². The summed E-state index contributed by atoms with van der Waals surface area (Å²) in [4.78, 5) is 12.1. The molecule has 1 aliphatic rings. The molecule has 3 nitrogen and oxygen atoms in total. The van der Waals surface area contributed by atoms with E-state index in [0.29, 0.717) is 6.42 Å². The van der Waals surface area contributed by atoms with Gasteiger partial charge >= 0.3 is 0 Å². The van der Waals surface area contributed by atoms with Gasteiger partial charge in [-0.3, -0.25) is 4.79 Å². The molecular formula is C18H20N2O. The summed E-state index contributed by atoms with van der Waals surface area (Å²) in [6.07, 6.45) is 3.28. The van der Waals surface area contributed by atoms with E-state index in [-0.39, 0.29) is 11.9 Å². The number of nitrogen functional groups attached to an aromatic ring is 1. The van der Waals surface area contributed by atoms with E-state index in [0.717, 1.165) is 24.9 Å². The fourth-order valence-electron chi connectivity index (χ4n) is 2.96. The first-order valence-corrected chi connectivity index (χ1v) is 7.44. The number of fused-ring (bicyclic) bond motifs is 1. The van der Waals surface area contributed by atoms with Crippen molar-refractivity contribution in [3.8, 4) is 0 Å². The quantitative estimate of drug-likeness (QED) is 0.846. The maximum atomic E-state index is 12.1. The summed E-state index contributed by atoms with van der Waals surface area (Å²) in [6, 6.07) is 16.2. The molecule has 2 aromatic rings. The second-order valence-electron chi connectivity index (χ2n) is 5.60.